The largest absolute Gasteiger partial charge is 0.465 e. The van der Waals surface area contributed by atoms with Gasteiger partial charge in [-0.15, -0.1) is 11.3 Å². The van der Waals surface area contributed by atoms with Crippen LogP contribution in [0.15, 0.2) is 17.8 Å². The van der Waals surface area contributed by atoms with Crippen molar-refractivity contribution in [1.29, 1.82) is 0 Å². The Morgan fingerprint density at radius 3 is 2.86 bits per heavy atom. The number of thiophene rings is 1. The van der Waals surface area contributed by atoms with Gasteiger partial charge in [-0.3, -0.25) is 10.1 Å². The van der Waals surface area contributed by atoms with Crippen LogP contribution in [0.5, 0.6) is 11.6 Å². The van der Waals surface area contributed by atoms with Crippen LogP contribution in [0.1, 0.15) is 9.67 Å². The van der Waals surface area contributed by atoms with Crippen molar-refractivity contribution in [2.75, 3.05) is 19.5 Å². The molecule has 9 nitrogen and oxygen atoms in total. The lowest BCUT2D eigenvalue weighted by Crippen LogP contribution is -2.04. The molecule has 0 amide bonds. The predicted octanol–water partition coefficient (Wildman–Crippen LogP) is 2.07. The Morgan fingerprint density at radius 2 is 2.24 bits per heavy atom. The Labute approximate surface area is 122 Å². The van der Waals surface area contributed by atoms with Gasteiger partial charge in [-0.05, 0) is 11.4 Å². The normalized spacial score (nSPS) is 10.0. The van der Waals surface area contributed by atoms with Crippen molar-refractivity contribution in [2.45, 2.75) is 0 Å². The summed E-state index contributed by atoms with van der Waals surface area (Å²) in [6, 6.07) is 1.50. The lowest BCUT2D eigenvalue weighted by Gasteiger charge is -2.07. The number of methoxy groups -OCH3 is 1. The summed E-state index contributed by atoms with van der Waals surface area (Å²) in [4.78, 5) is 29.7. The predicted molar refractivity (Wildman–Crippen MR) is 74.0 cm³/mol. The molecule has 0 aliphatic carbocycles. The summed E-state index contributed by atoms with van der Waals surface area (Å²) in [5.41, 5.74) is -0.415. The molecule has 0 saturated carbocycles. The molecule has 1 N–H and O–H groups in total. The Kier molecular flexibility index (Phi) is 4.28. The third-order valence-corrected chi connectivity index (χ3v) is 3.29. The summed E-state index contributed by atoms with van der Waals surface area (Å²) >= 11 is 1.10. The Morgan fingerprint density at radius 1 is 1.48 bits per heavy atom. The molecule has 0 radical (unpaired) electrons. The highest BCUT2D eigenvalue weighted by Crippen LogP contribution is 2.36. The van der Waals surface area contributed by atoms with Gasteiger partial charge in [-0.2, -0.15) is 4.98 Å². The second-order valence-electron chi connectivity index (χ2n) is 3.59. The number of ether oxygens (including phenoxy) is 2. The molecule has 0 fully saturated rings. The maximum atomic E-state index is 11.6. The van der Waals surface area contributed by atoms with Gasteiger partial charge in [0.15, 0.2) is 10.6 Å². The number of hydrogen-bond acceptors (Lipinski definition) is 9. The number of nitrogens with one attached hydrogen (secondary N) is 1. The quantitative estimate of drug-likeness (QED) is 0.506. The van der Waals surface area contributed by atoms with Gasteiger partial charge in [-0.1, -0.05) is 0 Å². The van der Waals surface area contributed by atoms with Crippen LogP contribution in [0, 0.1) is 10.1 Å². The molecule has 0 aromatic carbocycles. The fourth-order valence-electron chi connectivity index (χ4n) is 1.51. The second kappa shape index (κ2) is 6.13. The first-order valence-electron chi connectivity index (χ1n) is 5.59. The van der Waals surface area contributed by atoms with Crippen LogP contribution in [0.3, 0.4) is 0 Å². The number of nitrogens with zero attached hydrogens (tertiary/aromatic N) is 3. The van der Waals surface area contributed by atoms with Crippen molar-refractivity contribution >= 4 is 28.8 Å². The van der Waals surface area contributed by atoms with E-state index in [0.29, 0.717) is 0 Å². The molecule has 0 atom stereocenters. The van der Waals surface area contributed by atoms with Crippen LogP contribution in [-0.4, -0.2) is 35.0 Å². The molecule has 0 bridgehead atoms. The number of carbonyl (C=O) groups is 1. The fourth-order valence-corrected chi connectivity index (χ4v) is 2.24. The van der Waals surface area contributed by atoms with E-state index in [1.54, 1.807) is 5.38 Å². The van der Waals surface area contributed by atoms with Crippen LogP contribution in [0.4, 0.5) is 11.5 Å². The highest BCUT2D eigenvalue weighted by atomic mass is 32.1. The van der Waals surface area contributed by atoms with Crippen molar-refractivity contribution in [3.63, 3.8) is 0 Å². The van der Waals surface area contributed by atoms with E-state index in [4.69, 9.17) is 4.74 Å². The van der Waals surface area contributed by atoms with Gasteiger partial charge in [0.05, 0.1) is 12.0 Å². The Bertz CT molecular complexity index is 687. The van der Waals surface area contributed by atoms with Gasteiger partial charge in [0.25, 0.3) is 0 Å². The molecule has 2 heterocycles. The minimum atomic E-state index is -0.661. The third-order valence-electron chi connectivity index (χ3n) is 2.41. The molecule has 2 rings (SSSR count). The number of carbonyl (C=O) groups excluding carboxylic acids is 1. The lowest BCUT2D eigenvalue weighted by atomic mass is 10.4. The maximum Gasteiger partial charge on any atom is 0.373 e. The van der Waals surface area contributed by atoms with E-state index in [0.717, 1.165) is 17.7 Å². The first kappa shape index (κ1) is 14.7. The van der Waals surface area contributed by atoms with Gasteiger partial charge in [0.1, 0.15) is 6.33 Å². The first-order valence-corrected chi connectivity index (χ1v) is 6.47. The summed E-state index contributed by atoms with van der Waals surface area (Å²) < 4.78 is 9.99. The average molecular weight is 310 g/mol. The Hall–Kier alpha value is -2.75. The van der Waals surface area contributed by atoms with Gasteiger partial charge >= 0.3 is 17.5 Å². The van der Waals surface area contributed by atoms with E-state index >= 15 is 0 Å². The van der Waals surface area contributed by atoms with Crippen molar-refractivity contribution in [1.82, 2.24) is 9.97 Å². The highest BCUT2D eigenvalue weighted by Gasteiger charge is 2.26. The van der Waals surface area contributed by atoms with Crippen LogP contribution in [0.2, 0.25) is 0 Å². The van der Waals surface area contributed by atoms with Crippen molar-refractivity contribution in [3.05, 3.63) is 32.8 Å². The summed E-state index contributed by atoms with van der Waals surface area (Å²) in [6.45, 7) is 0. The number of anilines is 1. The molecule has 21 heavy (non-hydrogen) atoms. The Balaban J connectivity index is 2.43. The van der Waals surface area contributed by atoms with Crippen molar-refractivity contribution in [2.24, 2.45) is 0 Å². The molecule has 2 aromatic rings. The monoisotopic (exact) mass is 310 g/mol. The van der Waals surface area contributed by atoms with Crippen LogP contribution >= 0.6 is 11.3 Å². The molecule has 10 heteroatoms. The van der Waals surface area contributed by atoms with Crippen LogP contribution in [0.25, 0.3) is 0 Å². The second-order valence-corrected chi connectivity index (χ2v) is 4.51. The standard InChI is InChI=1S/C11H10N4O5S/c1-12-9-7(15(17)18)10(14-5-13-9)20-6-3-4-21-8(6)11(16)19-2/h3-5H,1-2H3,(H,12,13,14). The van der Waals surface area contributed by atoms with Crippen LogP contribution in [-0.2, 0) is 4.74 Å². The van der Waals surface area contributed by atoms with Gasteiger partial charge in [0.2, 0.25) is 5.82 Å². The zero-order valence-corrected chi connectivity index (χ0v) is 11.8. The molecule has 0 aliphatic rings. The summed E-state index contributed by atoms with van der Waals surface area (Å²) in [5.74, 6) is -0.705. The van der Waals surface area contributed by atoms with Crippen molar-refractivity contribution < 1.29 is 19.2 Å². The first-order chi connectivity index (χ1) is 10.1. The van der Waals surface area contributed by atoms with E-state index in [9.17, 15) is 14.9 Å². The van der Waals surface area contributed by atoms with Gasteiger partial charge in [-0.25, -0.2) is 9.78 Å². The number of hydrogen-bond donors (Lipinski definition) is 1. The van der Waals surface area contributed by atoms with E-state index in [2.05, 4.69) is 20.0 Å². The average Bonchev–Trinajstić information content (AvgIpc) is 2.94. The molecule has 0 spiro atoms. The number of rotatable bonds is 5. The SMILES string of the molecule is CNc1ncnc(Oc2ccsc2C(=O)OC)c1[N+](=O)[O-]. The molecule has 2 aromatic heterocycles. The summed E-state index contributed by atoms with van der Waals surface area (Å²) in [6.07, 6.45) is 1.12. The molecular weight excluding hydrogens is 300 g/mol. The molecular formula is C11H10N4O5S. The van der Waals surface area contributed by atoms with Crippen LogP contribution < -0.4 is 10.1 Å². The molecule has 0 unspecified atom stereocenters. The molecule has 0 saturated heterocycles. The fraction of sp³-hybridized carbons (Fsp3) is 0.182. The number of nitro groups is 1. The third kappa shape index (κ3) is 2.89. The van der Waals surface area contributed by atoms with E-state index in [1.807, 2.05) is 0 Å². The summed E-state index contributed by atoms with van der Waals surface area (Å²) in [5, 5.41) is 15.3. The maximum absolute atomic E-state index is 11.6. The van der Waals surface area contributed by atoms with Gasteiger partial charge < -0.3 is 14.8 Å². The number of aromatic nitrogens is 2. The zero-order valence-electron chi connectivity index (χ0n) is 11.0. The number of esters is 1. The smallest absolute Gasteiger partial charge is 0.373 e. The van der Waals surface area contributed by atoms with E-state index in [-0.39, 0.29) is 22.3 Å². The lowest BCUT2D eigenvalue weighted by molar-refractivity contribution is -0.385. The highest BCUT2D eigenvalue weighted by molar-refractivity contribution is 7.12. The van der Waals surface area contributed by atoms with E-state index < -0.39 is 16.6 Å². The van der Waals surface area contributed by atoms with Crippen molar-refractivity contribution in [3.8, 4) is 11.6 Å². The zero-order chi connectivity index (χ0) is 15.4. The van der Waals surface area contributed by atoms with Gasteiger partial charge in [0, 0.05) is 7.05 Å². The summed E-state index contributed by atoms with van der Waals surface area (Å²) in [7, 11) is 2.72. The van der Waals surface area contributed by atoms with E-state index in [1.165, 1.54) is 20.2 Å². The minimum absolute atomic E-state index is 0.0137. The molecule has 110 valence electrons. The minimum Gasteiger partial charge on any atom is -0.465 e. The molecule has 0 aliphatic heterocycles. The topological polar surface area (TPSA) is 116 Å².